The van der Waals surface area contributed by atoms with Crippen LogP contribution < -0.4 is 0 Å². The molecule has 0 aliphatic carbocycles. The van der Waals surface area contributed by atoms with Gasteiger partial charge in [-0.3, -0.25) is 4.79 Å². The van der Waals surface area contributed by atoms with Crippen LogP contribution in [0.15, 0.2) is 0 Å². The molecule has 0 aliphatic heterocycles. The SMILES string of the molecule is CCCCCCCCCC[C@@H](C)CCCCCCCCCCCC[C@@H](CCCCC)OC(C)=O. The fraction of sp³-hybridized carbons (Fsp3) is 0.969. The minimum absolute atomic E-state index is 0.112. The van der Waals surface area contributed by atoms with Crippen molar-refractivity contribution in [2.24, 2.45) is 5.92 Å². The molecular weight excluding hydrogens is 416 g/mol. The molecule has 0 saturated heterocycles. The van der Waals surface area contributed by atoms with Crippen LogP contribution in [0.3, 0.4) is 0 Å². The van der Waals surface area contributed by atoms with Crippen molar-refractivity contribution in [3.05, 3.63) is 0 Å². The van der Waals surface area contributed by atoms with Gasteiger partial charge in [-0.2, -0.15) is 0 Å². The minimum Gasteiger partial charge on any atom is -0.463 e. The molecule has 0 fully saturated rings. The fourth-order valence-electron chi connectivity index (χ4n) is 5.17. The first kappa shape index (κ1) is 33.5. The number of rotatable bonds is 27. The number of hydrogen-bond donors (Lipinski definition) is 0. The number of carbonyl (C=O) groups is 1. The van der Waals surface area contributed by atoms with Crippen molar-refractivity contribution < 1.29 is 9.53 Å². The lowest BCUT2D eigenvalue weighted by Crippen LogP contribution is -2.16. The number of unbranched alkanes of at least 4 members (excludes halogenated alkanes) is 18. The van der Waals surface area contributed by atoms with Crippen molar-refractivity contribution in [1.29, 1.82) is 0 Å². The second-order valence-corrected chi connectivity index (χ2v) is 11.2. The summed E-state index contributed by atoms with van der Waals surface area (Å²) in [5, 5.41) is 0. The molecule has 2 atom stereocenters. The largest absolute Gasteiger partial charge is 0.463 e. The summed E-state index contributed by atoms with van der Waals surface area (Å²) in [6.45, 7) is 8.54. The standard InChI is InChI=1S/C32H64O2/c1-5-7-9-10-11-16-19-23-26-30(3)27-24-20-17-14-12-13-15-18-21-25-29-32(34-31(4)33)28-22-8-6-2/h30,32H,5-29H2,1-4H3/t30-,32-/m1/s1. The summed E-state index contributed by atoms with van der Waals surface area (Å²) in [4.78, 5) is 11.3. The van der Waals surface area contributed by atoms with Crippen molar-refractivity contribution >= 4 is 5.97 Å². The second-order valence-electron chi connectivity index (χ2n) is 11.2. The van der Waals surface area contributed by atoms with E-state index in [1.807, 2.05) is 0 Å². The maximum Gasteiger partial charge on any atom is 0.302 e. The van der Waals surface area contributed by atoms with Gasteiger partial charge in [0.25, 0.3) is 0 Å². The van der Waals surface area contributed by atoms with Gasteiger partial charge >= 0.3 is 5.97 Å². The molecule has 0 N–H and O–H groups in total. The number of esters is 1. The Balaban J connectivity index is 3.38. The molecule has 0 amide bonds. The van der Waals surface area contributed by atoms with Gasteiger partial charge in [-0.25, -0.2) is 0 Å². The topological polar surface area (TPSA) is 26.3 Å². The first-order valence-corrected chi connectivity index (χ1v) is 15.8. The van der Waals surface area contributed by atoms with Crippen molar-refractivity contribution in [3.63, 3.8) is 0 Å². The zero-order chi connectivity index (χ0) is 25.1. The van der Waals surface area contributed by atoms with E-state index in [2.05, 4.69) is 20.8 Å². The van der Waals surface area contributed by atoms with Crippen LogP contribution >= 0.6 is 0 Å². The second kappa shape index (κ2) is 27.1. The van der Waals surface area contributed by atoms with Gasteiger partial charge in [0.1, 0.15) is 6.10 Å². The molecule has 0 aromatic rings. The normalized spacial score (nSPS) is 13.2. The first-order valence-electron chi connectivity index (χ1n) is 15.8. The van der Waals surface area contributed by atoms with Gasteiger partial charge in [0, 0.05) is 6.92 Å². The van der Waals surface area contributed by atoms with Gasteiger partial charge in [-0.15, -0.1) is 0 Å². The summed E-state index contributed by atoms with van der Waals surface area (Å²) in [7, 11) is 0. The third kappa shape index (κ3) is 26.1. The maximum atomic E-state index is 11.3. The third-order valence-corrected chi connectivity index (χ3v) is 7.49. The molecule has 0 rings (SSSR count). The smallest absolute Gasteiger partial charge is 0.302 e. The van der Waals surface area contributed by atoms with Crippen molar-refractivity contribution in [1.82, 2.24) is 0 Å². The lowest BCUT2D eigenvalue weighted by atomic mass is 9.95. The quantitative estimate of drug-likeness (QED) is 0.0862. The van der Waals surface area contributed by atoms with E-state index in [1.54, 1.807) is 6.92 Å². The van der Waals surface area contributed by atoms with Crippen molar-refractivity contribution in [3.8, 4) is 0 Å². The van der Waals surface area contributed by atoms with Gasteiger partial charge in [0.2, 0.25) is 0 Å². The van der Waals surface area contributed by atoms with Crippen LogP contribution in [0.4, 0.5) is 0 Å². The van der Waals surface area contributed by atoms with Crippen LogP contribution in [-0.4, -0.2) is 12.1 Å². The van der Waals surface area contributed by atoms with E-state index in [9.17, 15) is 4.79 Å². The Kier molecular flexibility index (Phi) is 26.6. The molecule has 0 saturated carbocycles. The molecule has 0 radical (unpaired) electrons. The van der Waals surface area contributed by atoms with Crippen LogP contribution in [-0.2, 0) is 9.53 Å². The molecule has 0 aromatic heterocycles. The number of carbonyl (C=O) groups excluding carboxylic acids is 1. The molecule has 0 aromatic carbocycles. The van der Waals surface area contributed by atoms with Crippen LogP contribution in [0.5, 0.6) is 0 Å². The maximum absolute atomic E-state index is 11.3. The van der Waals surface area contributed by atoms with Crippen molar-refractivity contribution in [2.75, 3.05) is 0 Å². The number of hydrogen-bond acceptors (Lipinski definition) is 2. The number of ether oxygens (including phenoxy) is 1. The lowest BCUT2D eigenvalue weighted by molar-refractivity contribution is -0.147. The average molecular weight is 481 g/mol. The Morgan fingerprint density at radius 1 is 0.500 bits per heavy atom. The summed E-state index contributed by atoms with van der Waals surface area (Å²) in [5.74, 6) is 0.826. The van der Waals surface area contributed by atoms with E-state index < -0.39 is 0 Å². The molecule has 34 heavy (non-hydrogen) atoms. The minimum atomic E-state index is -0.112. The van der Waals surface area contributed by atoms with Gasteiger partial charge in [0.05, 0.1) is 0 Å². The summed E-state index contributed by atoms with van der Waals surface area (Å²) < 4.78 is 5.51. The zero-order valence-electron chi connectivity index (χ0n) is 24.1. The molecule has 0 unspecified atom stereocenters. The Bertz CT molecular complexity index is 406. The van der Waals surface area contributed by atoms with Crippen LogP contribution in [0.25, 0.3) is 0 Å². The molecule has 2 heteroatoms. The van der Waals surface area contributed by atoms with E-state index in [0.29, 0.717) is 0 Å². The van der Waals surface area contributed by atoms with E-state index in [0.717, 1.165) is 18.8 Å². The van der Waals surface area contributed by atoms with E-state index in [4.69, 9.17) is 4.74 Å². The van der Waals surface area contributed by atoms with Crippen LogP contribution in [0, 0.1) is 5.92 Å². The third-order valence-electron chi connectivity index (χ3n) is 7.49. The van der Waals surface area contributed by atoms with Gasteiger partial charge in [-0.05, 0) is 31.6 Å². The van der Waals surface area contributed by atoms with Crippen LogP contribution in [0.2, 0.25) is 0 Å². The Morgan fingerprint density at radius 3 is 1.18 bits per heavy atom. The Labute approximate surface area is 215 Å². The van der Waals surface area contributed by atoms with Gasteiger partial charge < -0.3 is 4.74 Å². The molecule has 0 aliphatic rings. The van der Waals surface area contributed by atoms with Crippen molar-refractivity contribution in [2.45, 2.75) is 194 Å². The molecule has 2 nitrogen and oxygen atoms in total. The predicted molar refractivity (Wildman–Crippen MR) is 151 cm³/mol. The highest BCUT2D eigenvalue weighted by atomic mass is 16.5. The molecular formula is C32H64O2. The summed E-state index contributed by atoms with van der Waals surface area (Å²) in [6, 6.07) is 0. The Morgan fingerprint density at radius 2 is 0.794 bits per heavy atom. The zero-order valence-corrected chi connectivity index (χ0v) is 24.1. The summed E-state index contributed by atoms with van der Waals surface area (Å²) in [6.07, 6.45) is 34.2. The first-order chi connectivity index (χ1) is 16.6. The summed E-state index contributed by atoms with van der Waals surface area (Å²) in [5.41, 5.74) is 0. The lowest BCUT2D eigenvalue weighted by Gasteiger charge is -2.16. The van der Waals surface area contributed by atoms with E-state index in [1.165, 1.54) is 148 Å². The fourth-order valence-corrected chi connectivity index (χ4v) is 5.17. The average Bonchev–Trinajstić information content (AvgIpc) is 2.81. The highest BCUT2D eigenvalue weighted by Crippen LogP contribution is 2.20. The summed E-state index contributed by atoms with van der Waals surface area (Å²) >= 11 is 0. The highest BCUT2D eigenvalue weighted by Gasteiger charge is 2.11. The Hall–Kier alpha value is -0.530. The monoisotopic (exact) mass is 480 g/mol. The molecule has 0 spiro atoms. The van der Waals surface area contributed by atoms with E-state index in [-0.39, 0.29) is 12.1 Å². The molecule has 0 heterocycles. The highest BCUT2D eigenvalue weighted by molar-refractivity contribution is 5.66. The molecule has 204 valence electrons. The van der Waals surface area contributed by atoms with Gasteiger partial charge in [0.15, 0.2) is 0 Å². The van der Waals surface area contributed by atoms with E-state index >= 15 is 0 Å². The van der Waals surface area contributed by atoms with Crippen LogP contribution in [0.1, 0.15) is 188 Å². The van der Waals surface area contributed by atoms with Gasteiger partial charge in [-0.1, -0.05) is 156 Å². The predicted octanol–water partition coefficient (Wildman–Crippen LogP) is 11.3. The molecule has 0 bridgehead atoms.